The van der Waals surface area contributed by atoms with Gasteiger partial charge >= 0.3 is 5.97 Å². The predicted octanol–water partition coefficient (Wildman–Crippen LogP) is 3.63. The topological polar surface area (TPSA) is 80.8 Å². The van der Waals surface area contributed by atoms with Crippen molar-refractivity contribution in [2.75, 3.05) is 6.61 Å². The van der Waals surface area contributed by atoms with Crippen LogP contribution >= 0.6 is 0 Å². The number of rotatable bonds is 4. The van der Waals surface area contributed by atoms with E-state index in [0.717, 1.165) is 24.0 Å². The second-order valence-corrected chi connectivity index (χ2v) is 11.0. The second-order valence-electron chi connectivity index (χ2n) is 8.84. The van der Waals surface area contributed by atoms with Gasteiger partial charge in [-0.15, -0.1) is 0 Å². The van der Waals surface area contributed by atoms with Gasteiger partial charge in [0.15, 0.2) is 9.84 Å². The van der Waals surface area contributed by atoms with Gasteiger partial charge in [-0.3, -0.25) is 9.69 Å². The van der Waals surface area contributed by atoms with Crippen LogP contribution in [0.2, 0.25) is 0 Å². The molecule has 2 fully saturated rings. The molecule has 0 amide bonds. The maximum Gasteiger partial charge on any atom is 0.328 e. The summed E-state index contributed by atoms with van der Waals surface area (Å²) >= 11 is 0. The number of esters is 1. The van der Waals surface area contributed by atoms with E-state index in [1.54, 1.807) is 37.3 Å². The van der Waals surface area contributed by atoms with Gasteiger partial charge < -0.3 is 4.74 Å². The second kappa shape index (κ2) is 8.12. The fraction of sp³-hybridized carbons (Fsp3) is 0.440. The summed E-state index contributed by atoms with van der Waals surface area (Å²) < 4.78 is 33.2. The first-order valence-corrected chi connectivity index (χ1v) is 12.8. The Morgan fingerprint density at radius 1 is 1.06 bits per heavy atom. The highest BCUT2D eigenvalue weighted by Crippen LogP contribution is 2.55. The molecule has 0 radical (unpaired) electrons. The van der Waals surface area contributed by atoms with Gasteiger partial charge in [-0.05, 0) is 49.4 Å². The summed E-state index contributed by atoms with van der Waals surface area (Å²) in [4.78, 5) is 28.4. The first-order chi connectivity index (χ1) is 15.4. The average molecular weight is 454 g/mol. The number of hydrogen-bond donors (Lipinski definition) is 0. The molecule has 0 bridgehead atoms. The number of carbonyl (C=O) groups excluding carboxylic acids is 2. The van der Waals surface area contributed by atoms with Crippen LogP contribution in [0.4, 0.5) is 0 Å². The molecule has 2 aliphatic heterocycles. The third-order valence-corrected chi connectivity index (χ3v) is 9.41. The van der Waals surface area contributed by atoms with Gasteiger partial charge in [-0.25, -0.2) is 13.2 Å². The van der Waals surface area contributed by atoms with Crippen molar-refractivity contribution in [2.45, 2.75) is 60.9 Å². The smallest absolute Gasteiger partial charge is 0.328 e. The van der Waals surface area contributed by atoms with E-state index in [1.807, 2.05) is 29.2 Å². The van der Waals surface area contributed by atoms with Crippen LogP contribution in [0.25, 0.3) is 0 Å². The molecular formula is C25H27NO5S. The van der Waals surface area contributed by atoms with Crippen LogP contribution in [0.3, 0.4) is 0 Å². The molecule has 1 aliphatic carbocycles. The fourth-order valence-corrected chi connectivity index (χ4v) is 7.94. The van der Waals surface area contributed by atoms with E-state index in [2.05, 4.69) is 0 Å². The van der Waals surface area contributed by atoms with Crippen LogP contribution in [0.15, 0.2) is 59.5 Å². The number of carbonyl (C=O) groups is 2. The van der Waals surface area contributed by atoms with Gasteiger partial charge in [0.2, 0.25) is 0 Å². The highest BCUT2D eigenvalue weighted by Gasteiger charge is 2.58. The summed E-state index contributed by atoms with van der Waals surface area (Å²) in [6.07, 6.45) is 2.28. The number of nitrogens with zero attached hydrogens (tertiary/aromatic N) is 1. The van der Waals surface area contributed by atoms with Crippen molar-refractivity contribution in [3.63, 3.8) is 0 Å². The first kappa shape index (κ1) is 21.3. The van der Waals surface area contributed by atoms with Crippen molar-refractivity contribution in [1.82, 2.24) is 4.90 Å². The fourth-order valence-electron chi connectivity index (χ4n) is 5.96. The molecule has 1 saturated heterocycles. The Morgan fingerprint density at radius 2 is 1.75 bits per heavy atom. The van der Waals surface area contributed by atoms with Crippen molar-refractivity contribution in [2.24, 2.45) is 5.92 Å². The van der Waals surface area contributed by atoms with Gasteiger partial charge in [-0.2, -0.15) is 0 Å². The normalized spacial score (nSPS) is 29.7. The van der Waals surface area contributed by atoms with Crippen LogP contribution in [0, 0.1) is 5.92 Å². The SMILES string of the molecule is CCOC(=O)[C@@H]1c2ccccc2[C@@H]2[C@H](S(=O)(=O)c3ccccc3)C[C@@H]3C(=O)CCC[C@H]3N12. The summed E-state index contributed by atoms with van der Waals surface area (Å²) in [6, 6.07) is 14.7. The molecule has 32 heavy (non-hydrogen) atoms. The molecular weight excluding hydrogens is 426 g/mol. The standard InChI is InChI=1S/C25H27NO5S/c1-2-31-25(28)24-18-12-7-6-11-17(18)23-22(32(29,30)16-9-4-3-5-10-16)15-19-20(26(23)24)13-8-14-21(19)27/h3-7,9-12,19-20,22-24H,2,8,13-15H2,1H3/t19-,20+,22+,23+,24-/m0/s1. The average Bonchev–Trinajstić information content (AvgIpc) is 3.15. The van der Waals surface area contributed by atoms with Crippen molar-refractivity contribution in [3.8, 4) is 0 Å². The molecule has 0 unspecified atom stereocenters. The minimum atomic E-state index is -3.74. The molecule has 3 aliphatic rings. The Hall–Kier alpha value is -2.51. The summed E-state index contributed by atoms with van der Waals surface area (Å²) in [5.74, 6) is -0.668. The molecule has 0 aromatic heterocycles. The van der Waals surface area contributed by atoms with Gasteiger partial charge in [0.1, 0.15) is 11.8 Å². The van der Waals surface area contributed by atoms with Crippen LogP contribution in [0.5, 0.6) is 0 Å². The van der Waals surface area contributed by atoms with Crippen molar-refractivity contribution in [3.05, 3.63) is 65.7 Å². The van der Waals surface area contributed by atoms with Gasteiger partial charge in [0.05, 0.1) is 22.8 Å². The number of hydrogen-bond acceptors (Lipinski definition) is 6. The van der Waals surface area contributed by atoms with Gasteiger partial charge in [-0.1, -0.05) is 42.5 Å². The number of piperidine rings is 1. The maximum absolute atomic E-state index is 13.9. The molecule has 2 aromatic rings. The Morgan fingerprint density at radius 3 is 2.47 bits per heavy atom. The zero-order valence-electron chi connectivity index (χ0n) is 18.0. The molecule has 168 valence electrons. The number of ketones is 1. The molecule has 0 N–H and O–H groups in total. The Balaban J connectivity index is 1.69. The third-order valence-electron chi connectivity index (χ3n) is 7.23. The van der Waals surface area contributed by atoms with Crippen LogP contribution in [-0.2, 0) is 24.2 Å². The Labute approximate surface area is 188 Å². The lowest BCUT2D eigenvalue weighted by atomic mass is 9.75. The monoisotopic (exact) mass is 453 g/mol. The number of benzene rings is 2. The van der Waals surface area contributed by atoms with E-state index in [1.165, 1.54) is 0 Å². The van der Waals surface area contributed by atoms with Crippen molar-refractivity contribution >= 4 is 21.6 Å². The minimum Gasteiger partial charge on any atom is -0.465 e. The molecule has 6 nitrogen and oxygen atoms in total. The number of fused-ring (bicyclic) bond motifs is 5. The molecule has 5 atom stereocenters. The van der Waals surface area contributed by atoms with E-state index >= 15 is 0 Å². The summed E-state index contributed by atoms with van der Waals surface area (Å²) in [5, 5.41) is -0.811. The lowest BCUT2D eigenvalue weighted by Crippen LogP contribution is -2.57. The third kappa shape index (κ3) is 3.21. The molecule has 1 saturated carbocycles. The summed E-state index contributed by atoms with van der Waals surface area (Å²) in [5.41, 5.74) is 1.65. The first-order valence-electron chi connectivity index (χ1n) is 11.3. The van der Waals surface area contributed by atoms with Gasteiger partial charge in [0, 0.05) is 18.4 Å². The summed E-state index contributed by atoms with van der Waals surface area (Å²) in [7, 11) is -3.74. The van der Waals surface area contributed by atoms with Crippen molar-refractivity contribution < 1.29 is 22.7 Å². The molecule has 5 rings (SSSR count). The van der Waals surface area contributed by atoms with E-state index in [9.17, 15) is 18.0 Å². The highest BCUT2D eigenvalue weighted by atomic mass is 32.2. The zero-order valence-corrected chi connectivity index (χ0v) is 18.8. The Kier molecular flexibility index (Phi) is 5.42. The van der Waals surface area contributed by atoms with Gasteiger partial charge in [0.25, 0.3) is 0 Å². The quantitative estimate of drug-likeness (QED) is 0.658. The Bertz CT molecular complexity index is 1150. The highest BCUT2D eigenvalue weighted by molar-refractivity contribution is 7.92. The van der Waals surface area contributed by atoms with E-state index in [4.69, 9.17) is 4.74 Å². The predicted molar refractivity (Wildman–Crippen MR) is 119 cm³/mol. The molecule has 7 heteroatoms. The summed E-state index contributed by atoms with van der Waals surface area (Å²) in [6.45, 7) is 2.01. The van der Waals surface area contributed by atoms with Crippen LogP contribution in [0.1, 0.15) is 55.8 Å². The molecule has 2 aromatic carbocycles. The zero-order chi connectivity index (χ0) is 22.5. The van der Waals surface area contributed by atoms with Crippen LogP contribution in [-0.4, -0.2) is 43.0 Å². The van der Waals surface area contributed by atoms with Crippen LogP contribution < -0.4 is 0 Å². The van der Waals surface area contributed by atoms with E-state index in [0.29, 0.717) is 6.42 Å². The lowest BCUT2D eigenvalue weighted by Gasteiger charge is -2.49. The number of Topliss-reactive ketones (excluding diaryl/α,β-unsaturated/α-hetero) is 1. The number of ether oxygens (including phenoxy) is 1. The largest absolute Gasteiger partial charge is 0.465 e. The van der Waals surface area contributed by atoms with Crippen molar-refractivity contribution in [1.29, 1.82) is 0 Å². The lowest BCUT2D eigenvalue weighted by molar-refractivity contribution is -0.155. The molecule has 0 spiro atoms. The maximum atomic E-state index is 13.9. The van der Waals surface area contributed by atoms with E-state index < -0.39 is 33.1 Å². The molecule has 2 heterocycles. The number of sulfone groups is 1. The van der Waals surface area contributed by atoms with E-state index in [-0.39, 0.29) is 35.7 Å². The minimum absolute atomic E-state index is 0.103.